The first-order valence-corrected chi connectivity index (χ1v) is 2.72. The second kappa shape index (κ2) is 6.86. The number of methoxy groups -OCH3 is 1. The van der Waals surface area contributed by atoms with E-state index in [-0.39, 0.29) is 0 Å². The van der Waals surface area contributed by atoms with Crippen LogP contribution < -0.4 is 0 Å². The second-order valence-electron chi connectivity index (χ2n) is 1.51. The average molecular weight is 190 g/mol. The minimum absolute atomic E-state index is 0.531. The molecule has 0 rings (SSSR count). The Bertz CT molecular complexity index is 116. The highest BCUT2D eigenvalue weighted by Crippen LogP contribution is 2.11. The van der Waals surface area contributed by atoms with E-state index in [9.17, 15) is 18.0 Å². The van der Waals surface area contributed by atoms with Crippen molar-refractivity contribution in [2.45, 2.75) is 6.18 Å². The standard InChI is InChI=1S/C3H6O3.C2H3F3O/c1-6-3(5)2-4;3-2(4,5)1-6/h4H,2H2,1H3;6H,1H2. The second-order valence-corrected chi connectivity index (χ2v) is 1.51. The molecule has 0 aliphatic rings. The van der Waals surface area contributed by atoms with Crippen molar-refractivity contribution < 1.29 is 32.9 Å². The molecule has 0 saturated heterocycles. The molecule has 0 saturated carbocycles. The van der Waals surface area contributed by atoms with Crippen LogP contribution in [0.3, 0.4) is 0 Å². The summed E-state index contributed by atoms with van der Waals surface area (Å²) < 4.78 is 35.6. The Hall–Kier alpha value is -0.820. The predicted octanol–water partition coefficient (Wildman–Crippen LogP) is -0.307. The van der Waals surface area contributed by atoms with Gasteiger partial charge in [0.05, 0.1) is 7.11 Å². The molecule has 0 aliphatic carbocycles. The van der Waals surface area contributed by atoms with Gasteiger partial charge in [-0.05, 0) is 0 Å². The highest BCUT2D eigenvalue weighted by molar-refractivity contribution is 5.70. The van der Waals surface area contributed by atoms with Crippen LogP contribution in [0.15, 0.2) is 0 Å². The van der Waals surface area contributed by atoms with Crippen LogP contribution in [0, 0.1) is 0 Å². The molecular formula is C5H9F3O4. The third-order valence-electron chi connectivity index (χ3n) is 0.536. The third-order valence-corrected chi connectivity index (χ3v) is 0.536. The molecule has 0 heterocycles. The zero-order valence-corrected chi connectivity index (χ0v) is 6.26. The number of halogens is 3. The van der Waals surface area contributed by atoms with E-state index >= 15 is 0 Å². The molecule has 0 fully saturated rings. The van der Waals surface area contributed by atoms with Gasteiger partial charge in [-0.3, -0.25) is 0 Å². The number of carbonyl (C=O) groups is 1. The van der Waals surface area contributed by atoms with Gasteiger partial charge >= 0.3 is 12.1 Å². The molecule has 0 radical (unpaired) electrons. The van der Waals surface area contributed by atoms with Crippen LogP contribution in [0.2, 0.25) is 0 Å². The predicted molar refractivity (Wildman–Crippen MR) is 32.2 cm³/mol. The van der Waals surface area contributed by atoms with Gasteiger partial charge in [0, 0.05) is 0 Å². The van der Waals surface area contributed by atoms with Crippen LogP contribution in [0.25, 0.3) is 0 Å². The summed E-state index contributed by atoms with van der Waals surface area (Å²) in [5.41, 5.74) is 0. The van der Waals surface area contributed by atoms with Crippen LogP contribution in [0.4, 0.5) is 13.2 Å². The van der Waals surface area contributed by atoms with Crippen LogP contribution >= 0.6 is 0 Å². The molecule has 0 unspecified atom stereocenters. The fourth-order valence-corrected chi connectivity index (χ4v) is 0.0645. The van der Waals surface area contributed by atoms with E-state index < -0.39 is 25.4 Å². The summed E-state index contributed by atoms with van der Waals surface area (Å²) in [5.74, 6) is -0.602. The van der Waals surface area contributed by atoms with Gasteiger partial charge in [-0.1, -0.05) is 0 Å². The number of alkyl halides is 3. The minimum Gasteiger partial charge on any atom is -0.467 e. The molecule has 12 heavy (non-hydrogen) atoms. The summed E-state index contributed by atoms with van der Waals surface area (Å²) in [6, 6.07) is 0. The maximum absolute atomic E-state index is 10.5. The summed E-state index contributed by atoms with van der Waals surface area (Å²) in [6.45, 7) is -2.26. The Morgan fingerprint density at radius 3 is 1.75 bits per heavy atom. The van der Waals surface area contributed by atoms with Gasteiger partial charge in [-0.25, -0.2) is 4.79 Å². The summed E-state index contributed by atoms with van der Waals surface area (Å²) in [5, 5.41) is 15.1. The fourth-order valence-electron chi connectivity index (χ4n) is 0.0645. The van der Waals surface area contributed by atoms with Crippen LogP contribution in [0.1, 0.15) is 0 Å². The molecule has 7 heteroatoms. The maximum atomic E-state index is 10.5. The van der Waals surface area contributed by atoms with E-state index in [1.165, 1.54) is 7.11 Å². The van der Waals surface area contributed by atoms with Gasteiger partial charge in [0.1, 0.15) is 13.2 Å². The average Bonchev–Trinajstić information content (AvgIpc) is 2.03. The number of rotatable bonds is 1. The van der Waals surface area contributed by atoms with Gasteiger partial charge in [0.25, 0.3) is 0 Å². The van der Waals surface area contributed by atoms with E-state index in [1.54, 1.807) is 0 Å². The minimum atomic E-state index is -4.40. The molecule has 0 aromatic heterocycles. The highest BCUT2D eigenvalue weighted by atomic mass is 19.4. The van der Waals surface area contributed by atoms with Gasteiger partial charge in [-0.2, -0.15) is 13.2 Å². The summed E-state index contributed by atoms with van der Waals surface area (Å²) in [7, 11) is 1.22. The lowest BCUT2D eigenvalue weighted by Gasteiger charge is -1.95. The summed E-state index contributed by atoms with van der Waals surface area (Å²) in [6.07, 6.45) is -4.40. The lowest BCUT2D eigenvalue weighted by Crippen LogP contribution is -2.12. The largest absolute Gasteiger partial charge is 0.467 e. The Labute approximate surface area is 66.6 Å². The number of carbonyl (C=O) groups excluding carboxylic acids is 1. The van der Waals surface area contributed by atoms with Crippen molar-refractivity contribution in [1.82, 2.24) is 0 Å². The quantitative estimate of drug-likeness (QED) is 0.557. The van der Waals surface area contributed by atoms with Crippen LogP contribution in [-0.2, 0) is 9.53 Å². The Kier molecular flexibility index (Phi) is 7.86. The van der Waals surface area contributed by atoms with E-state index in [0.717, 1.165) is 0 Å². The van der Waals surface area contributed by atoms with Crippen LogP contribution in [-0.4, -0.2) is 42.7 Å². The first-order valence-electron chi connectivity index (χ1n) is 2.72. The molecule has 0 bridgehead atoms. The molecule has 0 aromatic carbocycles. The van der Waals surface area contributed by atoms with Crippen molar-refractivity contribution in [1.29, 1.82) is 0 Å². The van der Waals surface area contributed by atoms with Crippen molar-refractivity contribution in [3.63, 3.8) is 0 Å². The van der Waals surface area contributed by atoms with E-state index in [1.807, 2.05) is 0 Å². The lowest BCUT2D eigenvalue weighted by atomic mass is 10.7. The van der Waals surface area contributed by atoms with Gasteiger partial charge in [0.15, 0.2) is 0 Å². The lowest BCUT2D eigenvalue weighted by molar-refractivity contribution is -0.159. The normalized spacial score (nSPS) is 9.83. The van der Waals surface area contributed by atoms with Crippen LogP contribution in [0.5, 0.6) is 0 Å². The van der Waals surface area contributed by atoms with E-state index in [4.69, 9.17) is 10.2 Å². The maximum Gasteiger partial charge on any atom is 0.411 e. The highest BCUT2D eigenvalue weighted by Gasteiger charge is 2.24. The third kappa shape index (κ3) is 16.1. The van der Waals surface area contributed by atoms with Crippen molar-refractivity contribution in [3.05, 3.63) is 0 Å². The smallest absolute Gasteiger partial charge is 0.411 e. The first kappa shape index (κ1) is 13.7. The van der Waals surface area contributed by atoms with Crippen molar-refractivity contribution in [2.75, 3.05) is 20.3 Å². The first-order chi connectivity index (χ1) is 5.37. The number of esters is 1. The number of aliphatic hydroxyl groups is 2. The Morgan fingerprint density at radius 1 is 1.42 bits per heavy atom. The molecule has 0 amide bonds. The topological polar surface area (TPSA) is 66.8 Å². The number of hydrogen-bond acceptors (Lipinski definition) is 4. The molecule has 0 aromatic rings. The molecule has 0 atom stereocenters. The molecule has 2 N–H and O–H groups in total. The molecule has 4 nitrogen and oxygen atoms in total. The zero-order valence-electron chi connectivity index (χ0n) is 6.26. The molecular weight excluding hydrogens is 181 g/mol. The molecule has 74 valence electrons. The fraction of sp³-hybridized carbons (Fsp3) is 0.800. The zero-order chi connectivity index (χ0) is 10.2. The van der Waals surface area contributed by atoms with Crippen molar-refractivity contribution in [3.8, 4) is 0 Å². The van der Waals surface area contributed by atoms with Gasteiger partial charge < -0.3 is 14.9 Å². The molecule has 0 spiro atoms. The van der Waals surface area contributed by atoms with Gasteiger partial charge in [-0.15, -0.1) is 0 Å². The monoisotopic (exact) mass is 190 g/mol. The van der Waals surface area contributed by atoms with Crippen molar-refractivity contribution >= 4 is 5.97 Å². The molecule has 0 aliphatic heterocycles. The summed E-state index contributed by atoms with van der Waals surface area (Å²) in [4.78, 5) is 9.71. The number of hydrogen-bond donors (Lipinski definition) is 2. The number of ether oxygens (including phenoxy) is 1. The van der Waals surface area contributed by atoms with Crippen molar-refractivity contribution in [2.24, 2.45) is 0 Å². The SMILES string of the molecule is COC(=O)CO.OCC(F)(F)F. The van der Waals surface area contributed by atoms with E-state index in [0.29, 0.717) is 0 Å². The Balaban J connectivity index is 0. The number of aliphatic hydroxyl groups excluding tert-OH is 2. The van der Waals surface area contributed by atoms with E-state index in [2.05, 4.69) is 4.74 Å². The Morgan fingerprint density at radius 2 is 1.75 bits per heavy atom. The van der Waals surface area contributed by atoms with Gasteiger partial charge in [0.2, 0.25) is 0 Å². The summed E-state index contributed by atoms with van der Waals surface area (Å²) >= 11 is 0.